The average Bonchev–Trinajstić information content (AvgIpc) is 2.06. The van der Waals surface area contributed by atoms with Crippen LogP contribution in [-0.4, -0.2) is 18.2 Å². The standard InChI is InChI=1S/C10H11F2NO/c11-7-1-2-9(12)8(3-7)10(14)6-4-13-5-6/h1-3,6,10,13-14H,4-5H2. The van der Waals surface area contributed by atoms with E-state index in [1.165, 1.54) is 0 Å². The molecule has 2 nitrogen and oxygen atoms in total. The molecule has 0 radical (unpaired) electrons. The maximum absolute atomic E-state index is 13.2. The Morgan fingerprint density at radius 1 is 1.36 bits per heavy atom. The zero-order valence-electron chi connectivity index (χ0n) is 7.50. The molecule has 76 valence electrons. The molecule has 0 saturated carbocycles. The van der Waals surface area contributed by atoms with E-state index in [-0.39, 0.29) is 11.5 Å². The van der Waals surface area contributed by atoms with Crippen LogP contribution < -0.4 is 5.32 Å². The highest BCUT2D eigenvalue weighted by molar-refractivity contribution is 5.22. The van der Waals surface area contributed by atoms with Crippen molar-refractivity contribution in [2.24, 2.45) is 5.92 Å². The smallest absolute Gasteiger partial charge is 0.129 e. The summed E-state index contributed by atoms with van der Waals surface area (Å²) in [4.78, 5) is 0. The summed E-state index contributed by atoms with van der Waals surface area (Å²) in [6.07, 6.45) is -0.910. The molecule has 0 aromatic heterocycles. The van der Waals surface area contributed by atoms with Crippen LogP contribution in [-0.2, 0) is 0 Å². The Morgan fingerprint density at radius 2 is 2.07 bits per heavy atom. The Balaban J connectivity index is 2.24. The molecule has 14 heavy (non-hydrogen) atoms. The van der Waals surface area contributed by atoms with E-state index in [1.54, 1.807) is 0 Å². The van der Waals surface area contributed by atoms with Crippen molar-refractivity contribution in [2.45, 2.75) is 6.10 Å². The quantitative estimate of drug-likeness (QED) is 0.750. The Bertz CT molecular complexity index is 339. The zero-order chi connectivity index (χ0) is 10.1. The molecule has 2 rings (SSSR count). The lowest BCUT2D eigenvalue weighted by atomic mass is 9.91. The Kier molecular flexibility index (Phi) is 2.48. The van der Waals surface area contributed by atoms with Crippen LogP contribution >= 0.6 is 0 Å². The maximum atomic E-state index is 13.2. The lowest BCUT2D eigenvalue weighted by molar-refractivity contribution is 0.0733. The number of benzene rings is 1. The molecule has 1 atom stereocenters. The van der Waals surface area contributed by atoms with Crippen LogP contribution in [0.3, 0.4) is 0 Å². The monoisotopic (exact) mass is 199 g/mol. The molecule has 1 aliphatic heterocycles. The molecule has 1 fully saturated rings. The van der Waals surface area contributed by atoms with Gasteiger partial charge < -0.3 is 10.4 Å². The van der Waals surface area contributed by atoms with E-state index < -0.39 is 17.7 Å². The molecule has 0 amide bonds. The number of halogens is 2. The van der Waals surface area contributed by atoms with Gasteiger partial charge in [0.2, 0.25) is 0 Å². The van der Waals surface area contributed by atoms with Crippen LogP contribution in [0, 0.1) is 17.6 Å². The molecule has 1 heterocycles. The number of hydrogen-bond donors (Lipinski definition) is 2. The first kappa shape index (κ1) is 9.55. The van der Waals surface area contributed by atoms with Gasteiger partial charge in [-0.3, -0.25) is 0 Å². The first-order chi connectivity index (χ1) is 6.68. The van der Waals surface area contributed by atoms with Gasteiger partial charge in [0.1, 0.15) is 11.6 Å². The third-order valence-electron chi connectivity index (χ3n) is 2.54. The minimum atomic E-state index is -0.910. The van der Waals surface area contributed by atoms with Gasteiger partial charge in [-0.05, 0) is 18.2 Å². The number of nitrogens with one attached hydrogen (secondary N) is 1. The Hall–Kier alpha value is -1.00. The SMILES string of the molecule is OC(c1cc(F)ccc1F)C1CNC1. The highest BCUT2D eigenvalue weighted by atomic mass is 19.1. The normalized spacial score (nSPS) is 19.1. The zero-order valence-corrected chi connectivity index (χ0v) is 7.50. The van der Waals surface area contributed by atoms with Crippen LogP contribution in [0.1, 0.15) is 11.7 Å². The molecule has 0 spiro atoms. The van der Waals surface area contributed by atoms with E-state index in [4.69, 9.17) is 0 Å². The predicted octanol–water partition coefficient (Wildman–Crippen LogP) is 1.22. The molecule has 2 N–H and O–H groups in total. The number of aliphatic hydroxyl groups is 1. The summed E-state index contributed by atoms with van der Waals surface area (Å²) in [5, 5.41) is 12.7. The molecule has 1 aromatic rings. The van der Waals surface area contributed by atoms with E-state index >= 15 is 0 Å². The largest absolute Gasteiger partial charge is 0.388 e. The summed E-state index contributed by atoms with van der Waals surface area (Å²) in [7, 11) is 0. The van der Waals surface area contributed by atoms with Gasteiger partial charge in [-0.15, -0.1) is 0 Å². The number of rotatable bonds is 2. The lowest BCUT2D eigenvalue weighted by Gasteiger charge is -2.31. The van der Waals surface area contributed by atoms with Crippen LogP contribution in [0.15, 0.2) is 18.2 Å². The summed E-state index contributed by atoms with van der Waals surface area (Å²) < 4.78 is 26.0. The predicted molar refractivity (Wildman–Crippen MR) is 47.7 cm³/mol. The molecule has 4 heteroatoms. The molecule has 1 aliphatic rings. The Morgan fingerprint density at radius 3 is 2.64 bits per heavy atom. The third kappa shape index (κ3) is 1.63. The lowest BCUT2D eigenvalue weighted by Crippen LogP contribution is -2.45. The Labute approximate surface area is 80.6 Å². The van der Waals surface area contributed by atoms with Gasteiger partial charge in [-0.1, -0.05) is 0 Å². The second-order valence-corrected chi connectivity index (χ2v) is 3.53. The van der Waals surface area contributed by atoms with Gasteiger partial charge in [-0.2, -0.15) is 0 Å². The van der Waals surface area contributed by atoms with Crippen LogP contribution in [0.4, 0.5) is 8.78 Å². The molecule has 0 bridgehead atoms. The summed E-state index contributed by atoms with van der Waals surface area (Å²) in [6, 6.07) is 3.14. The van der Waals surface area contributed by atoms with E-state index in [1.807, 2.05) is 0 Å². The second-order valence-electron chi connectivity index (χ2n) is 3.53. The van der Waals surface area contributed by atoms with Gasteiger partial charge >= 0.3 is 0 Å². The van der Waals surface area contributed by atoms with E-state index in [9.17, 15) is 13.9 Å². The van der Waals surface area contributed by atoms with Gasteiger partial charge in [0, 0.05) is 24.6 Å². The van der Waals surface area contributed by atoms with Crippen molar-refractivity contribution in [3.8, 4) is 0 Å². The van der Waals surface area contributed by atoms with Crippen molar-refractivity contribution in [3.63, 3.8) is 0 Å². The number of aliphatic hydroxyl groups excluding tert-OH is 1. The minimum Gasteiger partial charge on any atom is -0.388 e. The van der Waals surface area contributed by atoms with Crippen molar-refractivity contribution in [3.05, 3.63) is 35.4 Å². The topological polar surface area (TPSA) is 32.3 Å². The van der Waals surface area contributed by atoms with Crippen molar-refractivity contribution < 1.29 is 13.9 Å². The molecular formula is C10H11F2NO. The van der Waals surface area contributed by atoms with Crippen molar-refractivity contribution >= 4 is 0 Å². The van der Waals surface area contributed by atoms with Gasteiger partial charge in [0.15, 0.2) is 0 Å². The van der Waals surface area contributed by atoms with Crippen LogP contribution in [0.25, 0.3) is 0 Å². The summed E-state index contributed by atoms with van der Waals surface area (Å²) in [5.41, 5.74) is 0.0523. The van der Waals surface area contributed by atoms with Crippen molar-refractivity contribution in [2.75, 3.05) is 13.1 Å². The summed E-state index contributed by atoms with van der Waals surface area (Å²) in [6.45, 7) is 1.30. The highest BCUT2D eigenvalue weighted by Gasteiger charge is 2.28. The molecule has 1 aromatic carbocycles. The van der Waals surface area contributed by atoms with E-state index in [0.717, 1.165) is 18.2 Å². The molecular weight excluding hydrogens is 188 g/mol. The fraction of sp³-hybridized carbons (Fsp3) is 0.400. The van der Waals surface area contributed by atoms with Gasteiger partial charge in [0.25, 0.3) is 0 Å². The average molecular weight is 199 g/mol. The van der Waals surface area contributed by atoms with Crippen molar-refractivity contribution in [1.29, 1.82) is 0 Å². The summed E-state index contributed by atoms with van der Waals surface area (Å²) >= 11 is 0. The first-order valence-corrected chi connectivity index (χ1v) is 4.52. The third-order valence-corrected chi connectivity index (χ3v) is 2.54. The molecule has 0 aliphatic carbocycles. The fourth-order valence-electron chi connectivity index (χ4n) is 1.53. The van der Waals surface area contributed by atoms with Crippen LogP contribution in [0.5, 0.6) is 0 Å². The fourth-order valence-corrected chi connectivity index (χ4v) is 1.53. The maximum Gasteiger partial charge on any atom is 0.129 e. The highest BCUT2D eigenvalue weighted by Crippen LogP contribution is 2.27. The van der Waals surface area contributed by atoms with Gasteiger partial charge in [0.05, 0.1) is 6.10 Å². The summed E-state index contributed by atoms with van der Waals surface area (Å²) in [5.74, 6) is -1.08. The second kappa shape index (κ2) is 3.63. The van der Waals surface area contributed by atoms with Crippen LogP contribution in [0.2, 0.25) is 0 Å². The molecule has 1 unspecified atom stereocenters. The first-order valence-electron chi connectivity index (χ1n) is 4.52. The van der Waals surface area contributed by atoms with Gasteiger partial charge in [-0.25, -0.2) is 8.78 Å². The van der Waals surface area contributed by atoms with Crippen molar-refractivity contribution in [1.82, 2.24) is 5.32 Å². The van der Waals surface area contributed by atoms with E-state index in [0.29, 0.717) is 13.1 Å². The van der Waals surface area contributed by atoms with E-state index in [2.05, 4.69) is 5.32 Å². The molecule has 1 saturated heterocycles. The number of hydrogen-bond acceptors (Lipinski definition) is 2. The minimum absolute atomic E-state index is 0.00806.